The summed E-state index contributed by atoms with van der Waals surface area (Å²) >= 11 is 5.88. The highest BCUT2D eigenvalue weighted by atomic mass is 127. The van der Waals surface area contributed by atoms with E-state index in [0.717, 1.165) is 0 Å². The SMILES string of the molecule is CCOC(=O)c1c(I)c(NC(=O)COC)c(I)c(C(=O)NC)c1I. The van der Waals surface area contributed by atoms with Crippen molar-refractivity contribution in [2.24, 2.45) is 0 Å². The zero-order valence-electron chi connectivity index (χ0n) is 13.1. The molecule has 0 aliphatic heterocycles. The summed E-state index contributed by atoms with van der Waals surface area (Å²) in [5, 5.41) is 5.24. The van der Waals surface area contributed by atoms with Gasteiger partial charge in [0, 0.05) is 17.7 Å². The minimum Gasteiger partial charge on any atom is -0.462 e. The Hall–Kier alpha value is -0.220. The summed E-state index contributed by atoms with van der Waals surface area (Å²) in [5.74, 6) is -1.28. The van der Waals surface area contributed by atoms with Crippen LogP contribution in [0, 0.1) is 10.7 Å². The van der Waals surface area contributed by atoms with Gasteiger partial charge in [0.15, 0.2) is 0 Å². The lowest BCUT2D eigenvalue weighted by atomic mass is 10.1. The minimum absolute atomic E-state index is 0.137. The Balaban J connectivity index is 3.62. The Bertz CT molecular complexity index is 679. The van der Waals surface area contributed by atoms with Gasteiger partial charge in [0.05, 0.1) is 30.6 Å². The van der Waals surface area contributed by atoms with Gasteiger partial charge in [-0.1, -0.05) is 0 Å². The average molecular weight is 672 g/mol. The number of amides is 2. The third kappa shape index (κ3) is 4.91. The maximum Gasteiger partial charge on any atom is 0.340 e. The van der Waals surface area contributed by atoms with E-state index in [4.69, 9.17) is 9.47 Å². The fraction of sp³-hybridized carbons (Fsp3) is 0.357. The normalized spacial score (nSPS) is 10.2. The molecule has 24 heavy (non-hydrogen) atoms. The van der Waals surface area contributed by atoms with Crippen LogP contribution in [0.15, 0.2) is 0 Å². The van der Waals surface area contributed by atoms with E-state index in [1.54, 1.807) is 6.92 Å². The molecule has 0 heterocycles. The van der Waals surface area contributed by atoms with Crippen molar-refractivity contribution in [2.75, 3.05) is 32.7 Å². The lowest BCUT2D eigenvalue weighted by Crippen LogP contribution is -2.26. The highest BCUT2D eigenvalue weighted by Gasteiger charge is 2.28. The minimum atomic E-state index is -0.546. The van der Waals surface area contributed by atoms with Gasteiger partial charge in [-0.05, 0) is 74.7 Å². The number of nitrogens with one attached hydrogen (secondary N) is 2. The lowest BCUT2D eigenvalue weighted by molar-refractivity contribution is -0.119. The van der Waals surface area contributed by atoms with Gasteiger partial charge in [-0.25, -0.2) is 4.79 Å². The van der Waals surface area contributed by atoms with Crippen LogP contribution in [-0.2, 0) is 14.3 Å². The highest BCUT2D eigenvalue weighted by Crippen LogP contribution is 2.36. The molecule has 0 aliphatic carbocycles. The predicted octanol–water partition coefficient (Wildman–Crippen LogP) is 2.62. The molecule has 0 spiro atoms. The number of anilines is 1. The molecule has 2 N–H and O–H groups in total. The van der Waals surface area contributed by atoms with E-state index in [0.29, 0.717) is 22.0 Å². The first-order valence-electron chi connectivity index (χ1n) is 6.68. The van der Waals surface area contributed by atoms with Crippen molar-refractivity contribution in [2.45, 2.75) is 6.92 Å². The second-order valence-corrected chi connectivity index (χ2v) is 7.58. The standard InChI is InChI=1S/C14H15I3N2O5/c1-4-24-14(22)8-9(15)7(13(21)18-2)10(16)12(11(8)17)19-6(20)5-23-3/h4-5H2,1-3H3,(H,18,21)(H,19,20). The highest BCUT2D eigenvalue weighted by molar-refractivity contribution is 14.1. The van der Waals surface area contributed by atoms with Crippen molar-refractivity contribution in [1.82, 2.24) is 5.32 Å². The van der Waals surface area contributed by atoms with E-state index in [2.05, 4.69) is 10.6 Å². The van der Waals surface area contributed by atoms with Crippen molar-refractivity contribution < 1.29 is 23.9 Å². The number of ether oxygens (including phenoxy) is 2. The molecule has 1 rings (SSSR count). The molecule has 1 aromatic carbocycles. The number of carbonyl (C=O) groups excluding carboxylic acids is 3. The van der Waals surface area contributed by atoms with Gasteiger partial charge in [-0.15, -0.1) is 0 Å². The van der Waals surface area contributed by atoms with Crippen LogP contribution in [0.2, 0.25) is 0 Å². The fourth-order valence-corrected chi connectivity index (χ4v) is 6.15. The molecule has 0 unspecified atom stereocenters. The quantitative estimate of drug-likeness (QED) is 0.359. The number of methoxy groups -OCH3 is 1. The summed E-state index contributed by atoms with van der Waals surface area (Å²) in [7, 11) is 2.91. The van der Waals surface area contributed by atoms with Crippen LogP contribution >= 0.6 is 67.8 Å². The Morgan fingerprint density at radius 3 is 2.12 bits per heavy atom. The molecule has 10 heteroatoms. The molecule has 2 amide bonds. The number of hydrogen-bond acceptors (Lipinski definition) is 5. The number of carbonyl (C=O) groups is 3. The van der Waals surface area contributed by atoms with Crippen LogP contribution in [0.5, 0.6) is 0 Å². The van der Waals surface area contributed by atoms with Crippen molar-refractivity contribution in [3.63, 3.8) is 0 Å². The van der Waals surface area contributed by atoms with Crippen LogP contribution in [0.1, 0.15) is 27.6 Å². The van der Waals surface area contributed by atoms with E-state index in [1.807, 2.05) is 67.8 Å². The van der Waals surface area contributed by atoms with E-state index >= 15 is 0 Å². The van der Waals surface area contributed by atoms with Gasteiger partial charge in [-0.3, -0.25) is 9.59 Å². The zero-order valence-corrected chi connectivity index (χ0v) is 19.6. The molecular formula is C14H15I3N2O5. The summed E-state index contributed by atoms with van der Waals surface area (Å²) in [5.41, 5.74) is 0.958. The number of halogens is 3. The first-order chi connectivity index (χ1) is 11.3. The van der Waals surface area contributed by atoms with Gasteiger partial charge in [0.25, 0.3) is 5.91 Å². The molecule has 0 bridgehead atoms. The van der Waals surface area contributed by atoms with Crippen LogP contribution in [0.25, 0.3) is 0 Å². The summed E-state index contributed by atoms with van der Waals surface area (Å²) in [4.78, 5) is 36.5. The molecule has 7 nitrogen and oxygen atoms in total. The van der Waals surface area contributed by atoms with Gasteiger partial charge in [-0.2, -0.15) is 0 Å². The van der Waals surface area contributed by atoms with E-state index in [1.165, 1.54) is 14.2 Å². The van der Waals surface area contributed by atoms with Crippen molar-refractivity contribution in [3.8, 4) is 0 Å². The molecule has 0 saturated heterocycles. The third-order valence-electron chi connectivity index (χ3n) is 2.79. The zero-order chi connectivity index (χ0) is 18.4. The fourth-order valence-electron chi connectivity index (χ4n) is 1.79. The largest absolute Gasteiger partial charge is 0.462 e. The van der Waals surface area contributed by atoms with Crippen LogP contribution in [-0.4, -0.2) is 45.2 Å². The Morgan fingerprint density at radius 2 is 1.62 bits per heavy atom. The van der Waals surface area contributed by atoms with E-state index in [9.17, 15) is 14.4 Å². The first kappa shape index (κ1) is 21.8. The monoisotopic (exact) mass is 672 g/mol. The van der Waals surface area contributed by atoms with Gasteiger partial charge in [0.2, 0.25) is 5.91 Å². The Kier molecular flexibility index (Phi) is 9.14. The number of esters is 1. The molecule has 0 fully saturated rings. The van der Waals surface area contributed by atoms with Crippen molar-refractivity contribution in [1.29, 1.82) is 0 Å². The topological polar surface area (TPSA) is 93.7 Å². The summed E-state index contributed by atoms with van der Waals surface area (Å²) < 4.78 is 11.4. The molecule has 0 aromatic heterocycles. The molecule has 132 valence electrons. The molecule has 0 radical (unpaired) electrons. The molecule has 0 atom stereocenters. The Morgan fingerprint density at radius 1 is 1.04 bits per heavy atom. The second kappa shape index (κ2) is 10.1. The number of hydrogen-bond donors (Lipinski definition) is 2. The average Bonchev–Trinajstić information content (AvgIpc) is 2.51. The third-order valence-corrected chi connectivity index (χ3v) is 6.03. The molecule has 0 aliphatic rings. The molecule has 1 aromatic rings. The lowest BCUT2D eigenvalue weighted by Gasteiger charge is -2.18. The van der Waals surface area contributed by atoms with E-state index < -0.39 is 5.97 Å². The second-order valence-electron chi connectivity index (χ2n) is 4.35. The van der Waals surface area contributed by atoms with Gasteiger partial charge in [0.1, 0.15) is 6.61 Å². The molecule has 0 saturated carbocycles. The van der Waals surface area contributed by atoms with Crippen molar-refractivity contribution in [3.05, 3.63) is 21.8 Å². The maximum atomic E-state index is 12.3. The maximum absolute atomic E-state index is 12.3. The smallest absolute Gasteiger partial charge is 0.340 e. The molecular weight excluding hydrogens is 657 g/mol. The van der Waals surface area contributed by atoms with Crippen LogP contribution in [0.4, 0.5) is 5.69 Å². The number of rotatable bonds is 6. The Labute approximate surface area is 180 Å². The predicted molar refractivity (Wildman–Crippen MR) is 114 cm³/mol. The number of benzene rings is 1. The van der Waals surface area contributed by atoms with E-state index in [-0.39, 0.29) is 30.6 Å². The summed E-state index contributed by atoms with van der Waals surface area (Å²) in [6.07, 6.45) is 0. The first-order valence-corrected chi connectivity index (χ1v) is 9.92. The van der Waals surface area contributed by atoms with Gasteiger partial charge < -0.3 is 20.1 Å². The summed E-state index contributed by atoms with van der Waals surface area (Å²) in [6, 6.07) is 0. The summed E-state index contributed by atoms with van der Waals surface area (Å²) in [6.45, 7) is 1.77. The van der Waals surface area contributed by atoms with Crippen LogP contribution in [0.3, 0.4) is 0 Å². The van der Waals surface area contributed by atoms with Gasteiger partial charge >= 0.3 is 5.97 Å². The van der Waals surface area contributed by atoms with Crippen molar-refractivity contribution >= 4 is 91.2 Å². The van der Waals surface area contributed by atoms with Crippen LogP contribution < -0.4 is 10.6 Å².